The Bertz CT molecular complexity index is 1180. The van der Waals surface area contributed by atoms with Crippen molar-refractivity contribution in [2.45, 2.75) is 19.8 Å². The molecule has 1 aromatic carbocycles. The average molecular weight is 422 g/mol. The van der Waals surface area contributed by atoms with Gasteiger partial charge in [-0.15, -0.1) is 0 Å². The summed E-state index contributed by atoms with van der Waals surface area (Å²) in [7, 11) is 1.54. The van der Waals surface area contributed by atoms with Gasteiger partial charge in [0.15, 0.2) is 11.6 Å². The summed E-state index contributed by atoms with van der Waals surface area (Å²) in [6.45, 7) is 2.21. The van der Waals surface area contributed by atoms with Crippen molar-refractivity contribution >= 4 is 17.6 Å². The molecule has 158 valence electrons. The van der Waals surface area contributed by atoms with Gasteiger partial charge in [0.25, 0.3) is 11.8 Å². The predicted molar refractivity (Wildman–Crippen MR) is 111 cm³/mol. The molecule has 1 aliphatic rings. The van der Waals surface area contributed by atoms with Crippen LogP contribution in [-0.2, 0) is 12.8 Å². The monoisotopic (exact) mass is 422 g/mol. The number of carbonyl (C=O) groups is 2. The fourth-order valence-electron chi connectivity index (χ4n) is 3.82. The Kier molecular flexibility index (Phi) is 5.46. The highest BCUT2D eigenvalue weighted by Gasteiger charge is 2.29. The Labute approximate surface area is 177 Å². The summed E-state index contributed by atoms with van der Waals surface area (Å²) in [4.78, 5) is 34.0. The van der Waals surface area contributed by atoms with Crippen molar-refractivity contribution in [3.8, 4) is 0 Å². The Morgan fingerprint density at radius 1 is 1.13 bits per heavy atom. The molecule has 8 heteroatoms. The van der Waals surface area contributed by atoms with Crippen molar-refractivity contribution in [3.63, 3.8) is 0 Å². The zero-order valence-corrected chi connectivity index (χ0v) is 17.1. The molecule has 0 aliphatic carbocycles. The van der Waals surface area contributed by atoms with Crippen LogP contribution in [-0.4, -0.2) is 35.4 Å². The van der Waals surface area contributed by atoms with Crippen LogP contribution in [0.2, 0.25) is 0 Å². The maximum Gasteiger partial charge on any atom is 0.269 e. The third-order valence-corrected chi connectivity index (χ3v) is 5.33. The third kappa shape index (κ3) is 4.01. The lowest BCUT2D eigenvalue weighted by Crippen LogP contribution is -2.39. The van der Waals surface area contributed by atoms with Crippen LogP contribution < -0.4 is 10.2 Å². The van der Waals surface area contributed by atoms with Gasteiger partial charge in [0, 0.05) is 31.4 Å². The van der Waals surface area contributed by atoms with E-state index in [1.807, 2.05) is 19.1 Å². The van der Waals surface area contributed by atoms with Gasteiger partial charge in [-0.1, -0.05) is 12.1 Å². The summed E-state index contributed by atoms with van der Waals surface area (Å²) in [5.41, 5.74) is 4.49. The number of nitrogens with one attached hydrogen (secondary N) is 1. The number of pyridine rings is 2. The highest BCUT2D eigenvalue weighted by molar-refractivity contribution is 6.08. The molecule has 4 rings (SSSR count). The SMILES string of the molecule is CNC(=O)c1ccc(Cc2cc(C)c3c(c2)C(=O)N(c2ncc(F)cc2F)CC3)cn1. The number of benzene rings is 1. The molecule has 2 amide bonds. The smallest absolute Gasteiger partial charge is 0.269 e. The summed E-state index contributed by atoms with van der Waals surface area (Å²) in [5.74, 6) is -2.46. The molecule has 0 fully saturated rings. The number of rotatable bonds is 4. The van der Waals surface area contributed by atoms with E-state index >= 15 is 0 Å². The number of carbonyl (C=O) groups excluding carboxylic acids is 2. The van der Waals surface area contributed by atoms with Crippen molar-refractivity contribution in [2.24, 2.45) is 0 Å². The summed E-state index contributed by atoms with van der Waals surface area (Å²) in [5, 5.41) is 2.53. The Hall–Kier alpha value is -3.68. The predicted octanol–water partition coefficient (Wildman–Crippen LogP) is 3.22. The Balaban J connectivity index is 1.63. The van der Waals surface area contributed by atoms with Crippen LogP contribution in [0.3, 0.4) is 0 Å². The zero-order valence-electron chi connectivity index (χ0n) is 17.1. The fraction of sp³-hybridized carbons (Fsp3) is 0.217. The maximum absolute atomic E-state index is 14.2. The van der Waals surface area contributed by atoms with E-state index in [1.165, 1.54) is 4.90 Å². The molecule has 0 saturated heterocycles. The van der Waals surface area contributed by atoms with Crippen LogP contribution in [0.1, 0.15) is 43.1 Å². The summed E-state index contributed by atoms with van der Waals surface area (Å²) in [6.07, 6.45) is 3.60. The first-order chi connectivity index (χ1) is 14.9. The van der Waals surface area contributed by atoms with E-state index in [2.05, 4.69) is 15.3 Å². The van der Waals surface area contributed by atoms with Crippen molar-refractivity contribution in [3.05, 3.63) is 87.9 Å². The molecular formula is C23H20F2N4O2. The van der Waals surface area contributed by atoms with Crippen LogP contribution in [0.25, 0.3) is 0 Å². The van der Waals surface area contributed by atoms with Crippen molar-refractivity contribution < 1.29 is 18.4 Å². The van der Waals surface area contributed by atoms with E-state index in [-0.39, 0.29) is 24.2 Å². The van der Waals surface area contributed by atoms with Crippen LogP contribution in [0, 0.1) is 18.6 Å². The molecule has 0 bridgehead atoms. The fourth-order valence-corrected chi connectivity index (χ4v) is 3.82. The Morgan fingerprint density at radius 3 is 2.61 bits per heavy atom. The highest BCUT2D eigenvalue weighted by Crippen LogP contribution is 2.29. The minimum absolute atomic E-state index is 0.172. The first-order valence-corrected chi connectivity index (χ1v) is 9.79. The quantitative estimate of drug-likeness (QED) is 0.701. The summed E-state index contributed by atoms with van der Waals surface area (Å²) < 4.78 is 27.4. The topological polar surface area (TPSA) is 75.2 Å². The molecule has 3 heterocycles. The lowest BCUT2D eigenvalue weighted by Gasteiger charge is -2.29. The van der Waals surface area contributed by atoms with Gasteiger partial charge in [-0.3, -0.25) is 19.5 Å². The number of hydrogen-bond acceptors (Lipinski definition) is 4. The van der Waals surface area contributed by atoms with Crippen molar-refractivity contribution in [1.29, 1.82) is 0 Å². The van der Waals surface area contributed by atoms with E-state index in [4.69, 9.17) is 0 Å². The lowest BCUT2D eigenvalue weighted by molar-refractivity contribution is 0.0955. The number of fused-ring (bicyclic) bond motifs is 1. The number of nitrogens with zero attached hydrogens (tertiary/aromatic N) is 3. The summed E-state index contributed by atoms with van der Waals surface area (Å²) >= 11 is 0. The largest absolute Gasteiger partial charge is 0.354 e. The van der Waals surface area contributed by atoms with Gasteiger partial charge < -0.3 is 5.32 Å². The third-order valence-electron chi connectivity index (χ3n) is 5.33. The van der Waals surface area contributed by atoms with E-state index in [1.54, 1.807) is 25.4 Å². The average Bonchev–Trinajstić information content (AvgIpc) is 2.75. The molecular weight excluding hydrogens is 402 g/mol. The van der Waals surface area contributed by atoms with Crippen LogP contribution in [0.15, 0.2) is 42.7 Å². The van der Waals surface area contributed by atoms with Gasteiger partial charge in [0.2, 0.25) is 0 Å². The standard InChI is InChI=1S/C23H20F2N4O2/c1-13-7-15(8-14-3-4-20(27-11-14)22(30)26-2)9-18-17(13)5-6-29(23(18)31)21-19(25)10-16(24)12-28-21/h3-4,7,9-12H,5-6,8H2,1-2H3,(H,26,30). The number of amides is 2. The van der Waals surface area contributed by atoms with Crippen molar-refractivity contribution in [1.82, 2.24) is 15.3 Å². The Morgan fingerprint density at radius 2 is 1.94 bits per heavy atom. The molecule has 0 radical (unpaired) electrons. The molecule has 0 atom stereocenters. The van der Waals surface area contributed by atoms with Gasteiger partial charge in [-0.25, -0.2) is 13.8 Å². The molecule has 1 aliphatic heterocycles. The first kappa shape index (κ1) is 20.6. The molecule has 2 aromatic heterocycles. The molecule has 1 N–H and O–H groups in total. The summed E-state index contributed by atoms with van der Waals surface area (Å²) in [6, 6.07) is 8.01. The second-order valence-corrected chi connectivity index (χ2v) is 7.41. The second-order valence-electron chi connectivity index (χ2n) is 7.41. The first-order valence-electron chi connectivity index (χ1n) is 9.79. The zero-order chi connectivity index (χ0) is 22.1. The van der Waals surface area contributed by atoms with E-state index in [0.29, 0.717) is 24.1 Å². The van der Waals surface area contributed by atoms with E-state index in [9.17, 15) is 18.4 Å². The maximum atomic E-state index is 14.2. The number of halogens is 2. The molecule has 6 nitrogen and oxygen atoms in total. The number of aryl methyl sites for hydroxylation is 1. The number of hydrogen-bond donors (Lipinski definition) is 1. The molecule has 3 aromatic rings. The van der Waals surface area contributed by atoms with Gasteiger partial charge in [-0.05, 0) is 54.2 Å². The minimum Gasteiger partial charge on any atom is -0.354 e. The molecule has 31 heavy (non-hydrogen) atoms. The van der Waals surface area contributed by atoms with Crippen LogP contribution >= 0.6 is 0 Å². The number of aromatic nitrogens is 2. The van der Waals surface area contributed by atoms with Gasteiger partial charge in [-0.2, -0.15) is 0 Å². The minimum atomic E-state index is -0.869. The van der Waals surface area contributed by atoms with Gasteiger partial charge in [0.1, 0.15) is 11.5 Å². The second kappa shape index (κ2) is 8.22. The van der Waals surface area contributed by atoms with E-state index < -0.39 is 11.6 Å². The molecule has 0 saturated carbocycles. The van der Waals surface area contributed by atoms with E-state index in [0.717, 1.165) is 34.5 Å². The lowest BCUT2D eigenvalue weighted by atomic mass is 9.90. The molecule has 0 unspecified atom stereocenters. The van der Waals surface area contributed by atoms with Gasteiger partial charge >= 0.3 is 0 Å². The van der Waals surface area contributed by atoms with Crippen molar-refractivity contribution in [2.75, 3.05) is 18.5 Å². The van der Waals surface area contributed by atoms with Crippen LogP contribution in [0.5, 0.6) is 0 Å². The normalized spacial score (nSPS) is 13.2. The molecule has 0 spiro atoms. The van der Waals surface area contributed by atoms with Crippen LogP contribution in [0.4, 0.5) is 14.6 Å². The number of anilines is 1. The van der Waals surface area contributed by atoms with Gasteiger partial charge in [0.05, 0.1) is 6.20 Å². The highest BCUT2D eigenvalue weighted by atomic mass is 19.1.